The minimum atomic E-state index is -0.235. The van der Waals surface area contributed by atoms with Crippen LogP contribution in [0, 0.1) is 0 Å². The fraction of sp³-hybridized carbons (Fsp3) is 0.353. The van der Waals surface area contributed by atoms with Crippen molar-refractivity contribution in [3.63, 3.8) is 0 Å². The molecule has 0 atom stereocenters. The second-order valence-electron chi connectivity index (χ2n) is 5.73. The Morgan fingerprint density at radius 1 is 1.09 bits per heavy atom. The van der Waals surface area contributed by atoms with Gasteiger partial charge in [0.2, 0.25) is 0 Å². The summed E-state index contributed by atoms with van der Waals surface area (Å²) in [5.74, 6) is 0.481. The van der Waals surface area contributed by atoms with Crippen LogP contribution in [0.1, 0.15) is 42.6 Å². The normalized spacial score (nSPS) is 15.2. The smallest absolute Gasteiger partial charge is 0.274 e. The maximum absolute atomic E-state index is 12.3. The van der Waals surface area contributed by atoms with Gasteiger partial charge in [0.05, 0.1) is 0 Å². The molecule has 0 bridgehead atoms. The topological polar surface area (TPSA) is 66.9 Å². The second-order valence-corrected chi connectivity index (χ2v) is 6.64. The van der Waals surface area contributed by atoms with Crippen molar-refractivity contribution in [1.29, 1.82) is 0 Å². The molecule has 3 rings (SSSR count). The quantitative estimate of drug-likeness (QED) is 0.839. The summed E-state index contributed by atoms with van der Waals surface area (Å²) in [7, 11) is 0. The number of carbonyl (C=O) groups is 1. The van der Waals surface area contributed by atoms with Crippen LogP contribution < -0.4 is 10.6 Å². The average molecular weight is 375 g/mol. The molecule has 1 aromatic heterocycles. The van der Waals surface area contributed by atoms with Gasteiger partial charge < -0.3 is 10.6 Å². The van der Waals surface area contributed by atoms with E-state index in [4.69, 9.17) is 0 Å². The molecule has 1 saturated carbocycles. The molecule has 2 N–H and O–H groups in total. The van der Waals surface area contributed by atoms with Gasteiger partial charge in [-0.3, -0.25) is 4.79 Å². The molecular formula is C17H19BrN4O. The molecule has 120 valence electrons. The van der Waals surface area contributed by atoms with Gasteiger partial charge >= 0.3 is 0 Å². The number of hydrogen-bond donors (Lipinski definition) is 2. The van der Waals surface area contributed by atoms with E-state index >= 15 is 0 Å². The highest BCUT2D eigenvalue weighted by Crippen LogP contribution is 2.21. The van der Waals surface area contributed by atoms with Gasteiger partial charge in [-0.2, -0.15) is 0 Å². The van der Waals surface area contributed by atoms with Crippen LogP contribution in [0.5, 0.6) is 0 Å². The minimum Gasteiger partial charge on any atom is -0.367 e. The minimum absolute atomic E-state index is 0.235. The van der Waals surface area contributed by atoms with E-state index in [0.717, 1.165) is 23.0 Å². The molecule has 1 fully saturated rings. The fourth-order valence-corrected chi connectivity index (χ4v) is 3.01. The van der Waals surface area contributed by atoms with E-state index in [1.807, 2.05) is 24.3 Å². The number of halogens is 1. The Bertz CT molecular complexity index is 669. The third kappa shape index (κ3) is 4.51. The van der Waals surface area contributed by atoms with Gasteiger partial charge in [-0.1, -0.05) is 35.2 Å². The number of rotatable bonds is 4. The zero-order valence-electron chi connectivity index (χ0n) is 12.8. The number of aromatic nitrogens is 2. The molecule has 5 nitrogen and oxygen atoms in total. The number of anilines is 2. The number of nitrogens with one attached hydrogen (secondary N) is 2. The van der Waals surface area contributed by atoms with Crippen molar-refractivity contribution in [3.8, 4) is 0 Å². The Labute approximate surface area is 144 Å². The molecule has 6 heteroatoms. The first-order chi connectivity index (χ1) is 11.2. The van der Waals surface area contributed by atoms with Crippen LogP contribution in [-0.4, -0.2) is 21.9 Å². The maximum atomic E-state index is 12.3. The molecule has 0 unspecified atom stereocenters. The molecule has 1 amide bonds. The zero-order valence-corrected chi connectivity index (χ0v) is 14.3. The zero-order chi connectivity index (χ0) is 16.1. The summed E-state index contributed by atoms with van der Waals surface area (Å²) in [6.07, 6.45) is 7.55. The van der Waals surface area contributed by atoms with E-state index in [1.54, 1.807) is 6.07 Å². The van der Waals surface area contributed by atoms with E-state index in [9.17, 15) is 4.79 Å². The summed E-state index contributed by atoms with van der Waals surface area (Å²) in [6.45, 7) is 0. The molecule has 1 aromatic carbocycles. The van der Waals surface area contributed by atoms with E-state index in [2.05, 4.69) is 36.5 Å². The Kier molecular flexibility index (Phi) is 5.23. The number of hydrogen-bond acceptors (Lipinski definition) is 4. The third-order valence-electron chi connectivity index (χ3n) is 3.96. The summed E-state index contributed by atoms with van der Waals surface area (Å²) in [6, 6.07) is 9.59. The van der Waals surface area contributed by atoms with Crippen molar-refractivity contribution < 1.29 is 4.79 Å². The van der Waals surface area contributed by atoms with Gasteiger partial charge in [-0.25, -0.2) is 9.97 Å². The van der Waals surface area contributed by atoms with Crippen molar-refractivity contribution in [1.82, 2.24) is 9.97 Å². The lowest BCUT2D eigenvalue weighted by molar-refractivity contribution is 0.102. The fourth-order valence-electron chi connectivity index (χ4n) is 2.74. The lowest BCUT2D eigenvalue weighted by Crippen LogP contribution is -2.23. The van der Waals surface area contributed by atoms with Crippen molar-refractivity contribution >= 4 is 33.3 Å². The first kappa shape index (κ1) is 15.9. The molecule has 0 saturated heterocycles. The molecule has 1 aliphatic carbocycles. The van der Waals surface area contributed by atoms with Gasteiger partial charge in [-0.05, 0) is 37.1 Å². The van der Waals surface area contributed by atoms with Crippen LogP contribution in [0.25, 0.3) is 0 Å². The largest absolute Gasteiger partial charge is 0.367 e. The van der Waals surface area contributed by atoms with Crippen molar-refractivity contribution in [2.24, 2.45) is 0 Å². The number of benzene rings is 1. The van der Waals surface area contributed by atoms with Crippen LogP contribution in [-0.2, 0) is 0 Å². The van der Waals surface area contributed by atoms with Crippen LogP contribution in [0.4, 0.5) is 11.5 Å². The highest BCUT2D eigenvalue weighted by Gasteiger charge is 2.15. The molecule has 1 heterocycles. The molecule has 2 aromatic rings. The van der Waals surface area contributed by atoms with Crippen LogP contribution in [0.15, 0.2) is 41.1 Å². The lowest BCUT2D eigenvalue weighted by Gasteiger charge is -2.23. The monoisotopic (exact) mass is 374 g/mol. The summed E-state index contributed by atoms with van der Waals surface area (Å²) in [5.41, 5.74) is 1.10. The Balaban J connectivity index is 1.66. The summed E-state index contributed by atoms with van der Waals surface area (Å²) in [4.78, 5) is 20.6. The highest BCUT2D eigenvalue weighted by atomic mass is 79.9. The predicted molar refractivity (Wildman–Crippen MR) is 94.6 cm³/mol. The van der Waals surface area contributed by atoms with E-state index in [0.29, 0.717) is 17.6 Å². The van der Waals surface area contributed by atoms with E-state index in [-0.39, 0.29) is 5.91 Å². The van der Waals surface area contributed by atoms with Gasteiger partial charge in [0.1, 0.15) is 17.8 Å². The van der Waals surface area contributed by atoms with E-state index < -0.39 is 0 Å². The number of amides is 1. The van der Waals surface area contributed by atoms with Crippen LogP contribution in [0.3, 0.4) is 0 Å². The summed E-state index contributed by atoms with van der Waals surface area (Å²) >= 11 is 3.37. The predicted octanol–water partition coefficient (Wildman–Crippen LogP) is 4.24. The van der Waals surface area contributed by atoms with Gasteiger partial charge in [0.25, 0.3) is 5.91 Å². The highest BCUT2D eigenvalue weighted by molar-refractivity contribution is 9.10. The lowest BCUT2D eigenvalue weighted by atomic mass is 9.95. The molecule has 23 heavy (non-hydrogen) atoms. The van der Waals surface area contributed by atoms with E-state index in [1.165, 1.54) is 25.6 Å². The summed E-state index contributed by atoms with van der Waals surface area (Å²) < 4.78 is 0.969. The van der Waals surface area contributed by atoms with Crippen molar-refractivity contribution in [3.05, 3.63) is 46.8 Å². The third-order valence-corrected chi connectivity index (χ3v) is 4.49. The Morgan fingerprint density at radius 2 is 1.83 bits per heavy atom. The Morgan fingerprint density at radius 3 is 2.57 bits per heavy atom. The molecule has 0 radical (unpaired) electrons. The molecular weight excluding hydrogens is 356 g/mol. The number of nitrogens with zero attached hydrogens (tertiary/aromatic N) is 2. The first-order valence-electron chi connectivity index (χ1n) is 7.86. The van der Waals surface area contributed by atoms with Crippen molar-refractivity contribution in [2.75, 3.05) is 10.6 Å². The number of carbonyl (C=O) groups excluding carboxylic acids is 1. The maximum Gasteiger partial charge on any atom is 0.274 e. The van der Waals surface area contributed by atoms with Gasteiger partial charge in [0.15, 0.2) is 0 Å². The molecule has 0 aliphatic heterocycles. The van der Waals surface area contributed by atoms with Crippen LogP contribution in [0.2, 0.25) is 0 Å². The summed E-state index contributed by atoms with van der Waals surface area (Å²) in [5, 5.41) is 6.25. The molecule has 1 aliphatic rings. The second kappa shape index (κ2) is 7.55. The van der Waals surface area contributed by atoms with Gasteiger partial charge in [-0.15, -0.1) is 0 Å². The van der Waals surface area contributed by atoms with Crippen molar-refractivity contribution in [2.45, 2.75) is 38.1 Å². The van der Waals surface area contributed by atoms with Gasteiger partial charge in [0, 0.05) is 22.3 Å². The molecule has 0 spiro atoms. The first-order valence-corrected chi connectivity index (χ1v) is 8.65. The standard InChI is InChI=1S/C17H19BrN4O/c18-12-6-8-14(9-7-12)22-17(23)15-10-16(20-11-19-15)21-13-4-2-1-3-5-13/h6-11,13H,1-5H2,(H,22,23)(H,19,20,21). The SMILES string of the molecule is O=C(Nc1ccc(Br)cc1)c1cc(NC2CCCCC2)ncn1. The Hall–Kier alpha value is -1.95. The average Bonchev–Trinajstić information content (AvgIpc) is 2.58. The van der Waals surface area contributed by atoms with Crippen LogP contribution >= 0.6 is 15.9 Å².